The van der Waals surface area contributed by atoms with Crippen LogP contribution in [-0.2, 0) is 16.8 Å². The molecular formula is C6H7N2NaO3S. The van der Waals surface area contributed by atoms with Gasteiger partial charge >= 0.3 is 29.6 Å². The molecule has 5 nitrogen and oxygen atoms in total. The van der Waals surface area contributed by atoms with E-state index in [4.69, 9.17) is 0 Å². The third-order valence-electron chi connectivity index (χ3n) is 1.16. The Balaban J connectivity index is 0.00000144. The Bertz CT molecular complexity index is 340. The van der Waals surface area contributed by atoms with Gasteiger partial charge in [0, 0.05) is 6.20 Å². The van der Waals surface area contributed by atoms with Crippen LogP contribution < -0.4 is 34.3 Å². The van der Waals surface area contributed by atoms with Crippen molar-refractivity contribution in [3.05, 3.63) is 30.1 Å². The summed E-state index contributed by atoms with van der Waals surface area (Å²) in [7, 11) is -4.36. The van der Waals surface area contributed by atoms with Gasteiger partial charge in [-0.3, -0.25) is 4.98 Å². The van der Waals surface area contributed by atoms with Crippen LogP contribution in [0.25, 0.3) is 0 Å². The molecule has 0 aliphatic carbocycles. The normalized spacial score (nSPS) is 10.5. The maximum absolute atomic E-state index is 10.1. The van der Waals surface area contributed by atoms with E-state index < -0.39 is 10.3 Å². The maximum atomic E-state index is 10.1. The van der Waals surface area contributed by atoms with E-state index in [0.717, 1.165) is 0 Å². The number of rotatable bonds is 3. The van der Waals surface area contributed by atoms with E-state index in [1.54, 1.807) is 22.9 Å². The largest absolute Gasteiger partial charge is 1.00 e. The minimum atomic E-state index is -4.36. The number of hydrogen-bond acceptors (Lipinski definition) is 4. The molecule has 13 heavy (non-hydrogen) atoms. The number of nitrogens with one attached hydrogen (secondary N) is 1. The number of aromatic nitrogens is 1. The molecule has 0 spiro atoms. The third-order valence-corrected chi connectivity index (χ3v) is 1.65. The van der Waals surface area contributed by atoms with Gasteiger partial charge in [0.25, 0.3) is 0 Å². The van der Waals surface area contributed by atoms with Crippen LogP contribution in [-0.4, -0.2) is 18.0 Å². The second-order valence-corrected chi connectivity index (χ2v) is 3.29. The fourth-order valence-corrected chi connectivity index (χ4v) is 0.990. The Morgan fingerprint density at radius 1 is 1.46 bits per heavy atom. The van der Waals surface area contributed by atoms with Crippen LogP contribution in [0.4, 0.5) is 0 Å². The predicted molar refractivity (Wildman–Crippen MR) is 40.8 cm³/mol. The fourth-order valence-electron chi connectivity index (χ4n) is 0.665. The minimum Gasteiger partial charge on any atom is -0.735 e. The Hall–Kier alpha value is 0.0200. The summed E-state index contributed by atoms with van der Waals surface area (Å²) < 4.78 is 32.1. The standard InChI is InChI=1S/C6H8N2O3S.Na/c9-12(10,11)8-5-6-3-1-2-4-7-6;/h1-4,8H,5H2,(H,9,10,11);/q;+1/p-1. The zero-order chi connectivity index (χ0) is 9.03. The summed E-state index contributed by atoms with van der Waals surface area (Å²) in [6.45, 7) is -0.0628. The first kappa shape index (κ1) is 13.0. The Morgan fingerprint density at radius 2 is 2.15 bits per heavy atom. The maximum Gasteiger partial charge on any atom is 1.00 e. The van der Waals surface area contributed by atoms with Crippen molar-refractivity contribution in [1.82, 2.24) is 9.71 Å². The van der Waals surface area contributed by atoms with E-state index in [0.29, 0.717) is 5.69 Å². The number of nitrogens with zero attached hydrogens (tertiary/aromatic N) is 1. The summed E-state index contributed by atoms with van der Waals surface area (Å²) in [5.41, 5.74) is 0.511. The van der Waals surface area contributed by atoms with Gasteiger partial charge in [-0.15, -0.1) is 0 Å². The van der Waals surface area contributed by atoms with Gasteiger partial charge in [-0.2, -0.15) is 0 Å². The van der Waals surface area contributed by atoms with Crippen molar-refractivity contribution in [2.45, 2.75) is 6.54 Å². The molecule has 7 heteroatoms. The molecule has 0 aliphatic heterocycles. The summed E-state index contributed by atoms with van der Waals surface area (Å²) >= 11 is 0. The molecule has 1 N–H and O–H groups in total. The minimum absolute atomic E-state index is 0. The molecule has 66 valence electrons. The molecule has 1 aromatic heterocycles. The first-order valence-corrected chi connectivity index (χ1v) is 4.59. The summed E-state index contributed by atoms with van der Waals surface area (Å²) in [6, 6.07) is 5.04. The molecule has 0 saturated carbocycles. The molecule has 0 aliphatic rings. The average Bonchev–Trinajstić information content (AvgIpc) is 2.02. The molecule has 0 amide bonds. The number of pyridine rings is 1. The zero-order valence-electron chi connectivity index (χ0n) is 7.10. The molecule has 0 bridgehead atoms. The van der Waals surface area contributed by atoms with Crippen LogP contribution in [0.15, 0.2) is 24.4 Å². The Kier molecular flexibility index (Phi) is 5.70. The van der Waals surface area contributed by atoms with E-state index in [1.807, 2.05) is 0 Å². The van der Waals surface area contributed by atoms with Crippen molar-refractivity contribution in [1.29, 1.82) is 0 Å². The van der Waals surface area contributed by atoms with Crippen molar-refractivity contribution in [3.8, 4) is 0 Å². The van der Waals surface area contributed by atoms with Gasteiger partial charge in [0.05, 0.1) is 12.2 Å². The van der Waals surface area contributed by atoms with E-state index in [9.17, 15) is 13.0 Å². The number of hydrogen-bond donors (Lipinski definition) is 1. The molecule has 0 atom stereocenters. The van der Waals surface area contributed by atoms with Gasteiger partial charge in [-0.05, 0) is 12.1 Å². The van der Waals surface area contributed by atoms with Crippen molar-refractivity contribution in [2.75, 3.05) is 0 Å². The van der Waals surface area contributed by atoms with Gasteiger partial charge in [0.15, 0.2) is 10.3 Å². The van der Waals surface area contributed by atoms with Crippen molar-refractivity contribution >= 4 is 10.3 Å². The molecule has 1 aromatic rings. The van der Waals surface area contributed by atoms with E-state index in [-0.39, 0.29) is 36.1 Å². The third kappa shape index (κ3) is 6.14. The second-order valence-electron chi connectivity index (χ2n) is 2.10. The summed E-state index contributed by atoms with van der Waals surface area (Å²) in [5, 5.41) is 0. The Labute approximate surface area is 98.7 Å². The summed E-state index contributed by atoms with van der Waals surface area (Å²) in [4.78, 5) is 3.82. The smallest absolute Gasteiger partial charge is 0.735 e. The predicted octanol–water partition coefficient (Wildman–Crippen LogP) is -3.36. The average molecular weight is 210 g/mol. The summed E-state index contributed by atoms with van der Waals surface area (Å²) in [6.07, 6.45) is 1.52. The quantitative estimate of drug-likeness (QED) is 0.417. The zero-order valence-corrected chi connectivity index (χ0v) is 9.91. The molecule has 0 radical (unpaired) electrons. The molecule has 0 fully saturated rings. The van der Waals surface area contributed by atoms with Gasteiger partial charge in [-0.25, -0.2) is 13.1 Å². The molecule has 1 heterocycles. The van der Waals surface area contributed by atoms with E-state index >= 15 is 0 Å². The molecule has 0 saturated heterocycles. The monoisotopic (exact) mass is 210 g/mol. The SMILES string of the molecule is O=S(=O)([O-])NCc1ccccn1.[Na+]. The van der Waals surface area contributed by atoms with Crippen molar-refractivity contribution in [3.63, 3.8) is 0 Å². The van der Waals surface area contributed by atoms with Crippen LogP contribution in [0.2, 0.25) is 0 Å². The van der Waals surface area contributed by atoms with Crippen LogP contribution in [0.1, 0.15) is 5.69 Å². The molecular weight excluding hydrogens is 203 g/mol. The first-order valence-electron chi connectivity index (χ1n) is 3.18. The molecule has 0 aromatic carbocycles. The molecule has 1 rings (SSSR count). The van der Waals surface area contributed by atoms with Crippen LogP contribution in [0.3, 0.4) is 0 Å². The van der Waals surface area contributed by atoms with Crippen LogP contribution >= 0.6 is 0 Å². The summed E-state index contributed by atoms with van der Waals surface area (Å²) in [5.74, 6) is 0. The van der Waals surface area contributed by atoms with Gasteiger partial charge < -0.3 is 4.55 Å². The second kappa shape index (κ2) is 5.69. The topological polar surface area (TPSA) is 82.1 Å². The van der Waals surface area contributed by atoms with Crippen LogP contribution in [0.5, 0.6) is 0 Å². The first-order chi connectivity index (χ1) is 5.58. The van der Waals surface area contributed by atoms with Gasteiger partial charge in [0.1, 0.15) is 0 Å². The van der Waals surface area contributed by atoms with Crippen molar-refractivity contribution in [2.24, 2.45) is 0 Å². The molecule has 0 unspecified atom stereocenters. The van der Waals surface area contributed by atoms with Gasteiger partial charge in [0.2, 0.25) is 0 Å². The van der Waals surface area contributed by atoms with Crippen molar-refractivity contribution < 1.29 is 42.5 Å². The Morgan fingerprint density at radius 3 is 2.62 bits per heavy atom. The fraction of sp³-hybridized carbons (Fsp3) is 0.167. The van der Waals surface area contributed by atoms with Gasteiger partial charge in [-0.1, -0.05) is 6.07 Å². The van der Waals surface area contributed by atoms with E-state index in [2.05, 4.69) is 4.98 Å². The van der Waals surface area contributed by atoms with Crippen LogP contribution in [0, 0.1) is 0 Å². The van der Waals surface area contributed by atoms with E-state index in [1.165, 1.54) is 6.20 Å².